The van der Waals surface area contributed by atoms with E-state index < -0.39 is 11.6 Å². The summed E-state index contributed by atoms with van der Waals surface area (Å²) < 4.78 is 45.4. The van der Waals surface area contributed by atoms with E-state index in [1.165, 1.54) is 25.4 Å². The molecule has 2 aromatic rings. The summed E-state index contributed by atoms with van der Waals surface area (Å²) in [6.45, 7) is 3.59. The first-order valence-electron chi connectivity index (χ1n) is 10.1. The SMILES string of the molecule is COc1ccc(CN(CCC2OCC3(CNC3)CO2)c2ccc(C#N)cn2)c(F)c1F. The van der Waals surface area contributed by atoms with Gasteiger partial charge < -0.3 is 24.4 Å². The van der Waals surface area contributed by atoms with Crippen molar-refractivity contribution >= 4 is 5.82 Å². The topological polar surface area (TPSA) is 79.6 Å². The van der Waals surface area contributed by atoms with Crippen molar-refractivity contribution in [2.45, 2.75) is 19.3 Å². The van der Waals surface area contributed by atoms with Gasteiger partial charge in [0.1, 0.15) is 11.9 Å². The molecule has 2 aliphatic rings. The molecule has 164 valence electrons. The molecule has 0 radical (unpaired) electrons. The number of hydrogen-bond donors (Lipinski definition) is 1. The Morgan fingerprint density at radius 2 is 2.00 bits per heavy atom. The molecule has 0 unspecified atom stereocenters. The standard InChI is InChI=1S/C22H24F2N4O3/c1-29-17-4-3-16(20(23)21(17)24)10-28(18-5-2-15(8-25)9-27-18)7-6-19-30-13-22(14-31-19)11-26-12-22/h2-5,9,19,26H,6-7,10-14H2,1H3. The molecule has 0 atom stereocenters. The van der Waals surface area contributed by atoms with E-state index in [-0.39, 0.29) is 29.6 Å². The molecular weight excluding hydrogens is 406 g/mol. The van der Waals surface area contributed by atoms with Gasteiger partial charge in [-0.15, -0.1) is 0 Å². The highest BCUT2D eigenvalue weighted by atomic mass is 19.2. The largest absolute Gasteiger partial charge is 0.494 e. The second kappa shape index (κ2) is 9.14. The Labute approximate surface area is 179 Å². The van der Waals surface area contributed by atoms with E-state index in [0.29, 0.717) is 37.6 Å². The maximum absolute atomic E-state index is 14.6. The minimum Gasteiger partial charge on any atom is -0.494 e. The highest BCUT2D eigenvalue weighted by Crippen LogP contribution is 2.30. The number of rotatable bonds is 7. The number of hydrogen-bond acceptors (Lipinski definition) is 7. The van der Waals surface area contributed by atoms with Crippen LogP contribution >= 0.6 is 0 Å². The summed E-state index contributed by atoms with van der Waals surface area (Å²) in [7, 11) is 1.29. The predicted octanol–water partition coefficient (Wildman–Crippen LogP) is 2.60. The van der Waals surface area contributed by atoms with Crippen LogP contribution in [0.2, 0.25) is 0 Å². The first-order chi connectivity index (χ1) is 15.0. The van der Waals surface area contributed by atoms with Gasteiger partial charge in [-0.3, -0.25) is 0 Å². The number of benzene rings is 1. The Balaban J connectivity index is 1.48. The summed E-state index contributed by atoms with van der Waals surface area (Å²) in [5.41, 5.74) is 0.674. The number of methoxy groups -OCH3 is 1. The van der Waals surface area contributed by atoms with E-state index in [0.717, 1.165) is 13.1 Å². The first kappa shape index (κ1) is 21.4. The number of ether oxygens (including phenoxy) is 3. The second-order valence-corrected chi connectivity index (χ2v) is 7.94. The molecule has 4 rings (SSSR count). The molecule has 2 saturated heterocycles. The zero-order chi connectivity index (χ0) is 21.8. The van der Waals surface area contributed by atoms with E-state index in [1.54, 1.807) is 12.1 Å². The highest BCUT2D eigenvalue weighted by Gasteiger charge is 2.42. The van der Waals surface area contributed by atoms with Gasteiger partial charge in [-0.2, -0.15) is 9.65 Å². The molecule has 1 spiro atoms. The van der Waals surface area contributed by atoms with E-state index >= 15 is 0 Å². The van der Waals surface area contributed by atoms with Crippen LogP contribution in [0.4, 0.5) is 14.6 Å². The third kappa shape index (κ3) is 4.61. The predicted molar refractivity (Wildman–Crippen MR) is 109 cm³/mol. The molecule has 31 heavy (non-hydrogen) atoms. The number of pyridine rings is 1. The summed E-state index contributed by atoms with van der Waals surface area (Å²) in [6, 6.07) is 8.25. The van der Waals surface area contributed by atoms with Crippen molar-refractivity contribution in [3.63, 3.8) is 0 Å². The normalized spacial score (nSPS) is 17.7. The van der Waals surface area contributed by atoms with E-state index in [1.807, 2.05) is 11.0 Å². The lowest BCUT2D eigenvalue weighted by Crippen LogP contribution is -2.61. The number of halogens is 2. The third-order valence-electron chi connectivity index (χ3n) is 5.69. The zero-order valence-electron chi connectivity index (χ0n) is 17.2. The van der Waals surface area contributed by atoms with Gasteiger partial charge in [0.2, 0.25) is 5.82 Å². The van der Waals surface area contributed by atoms with Crippen molar-refractivity contribution in [2.75, 3.05) is 44.9 Å². The maximum Gasteiger partial charge on any atom is 0.200 e. The van der Waals surface area contributed by atoms with Gasteiger partial charge in [0.05, 0.1) is 25.9 Å². The summed E-state index contributed by atoms with van der Waals surface area (Å²) in [5.74, 6) is -1.58. The molecule has 0 bridgehead atoms. The highest BCUT2D eigenvalue weighted by molar-refractivity contribution is 5.43. The van der Waals surface area contributed by atoms with Crippen LogP contribution in [-0.2, 0) is 16.0 Å². The molecule has 2 aliphatic heterocycles. The van der Waals surface area contributed by atoms with Crippen LogP contribution < -0.4 is 15.0 Å². The lowest BCUT2D eigenvalue weighted by Gasteiger charge is -2.46. The molecule has 0 saturated carbocycles. The van der Waals surface area contributed by atoms with Crippen LogP contribution in [-0.4, -0.2) is 51.2 Å². The molecule has 1 aromatic carbocycles. The van der Waals surface area contributed by atoms with Gasteiger partial charge >= 0.3 is 0 Å². The van der Waals surface area contributed by atoms with Crippen molar-refractivity contribution in [1.29, 1.82) is 5.26 Å². The fourth-order valence-corrected chi connectivity index (χ4v) is 3.71. The fraction of sp³-hybridized carbons (Fsp3) is 0.455. The molecular formula is C22H24F2N4O3. The third-order valence-corrected chi connectivity index (χ3v) is 5.69. The van der Waals surface area contributed by atoms with Crippen molar-refractivity contribution in [3.05, 3.63) is 53.2 Å². The van der Waals surface area contributed by atoms with Gasteiger partial charge in [0.25, 0.3) is 0 Å². The van der Waals surface area contributed by atoms with Crippen molar-refractivity contribution in [3.8, 4) is 11.8 Å². The summed E-state index contributed by atoms with van der Waals surface area (Å²) in [5, 5.41) is 12.3. The minimum absolute atomic E-state index is 0.0780. The minimum atomic E-state index is -1.02. The lowest BCUT2D eigenvalue weighted by atomic mass is 9.83. The van der Waals surface area contributed by atoms with Crippen LogP contribution in [0, 0.1) is 28.4 Å². The lowest BCUT2D eigenvalue weighted by molar-refractivity contribution is -0.239. The van der Waals surface area contributed by atoms with E-state index in [2.05, 4.69) is 10.3 Å². The molecule has 0 aliphatic carbocycles. The molecule has 7 nitrogen and oxygen atoms in total. The Kier molecular flexibility index (Phi) is 6.32. The maximum atomic E-state index is 14.6. The Morgan fingerprint density at radius 1 is 1.23 bits per heavy atom. The molecule has 2 fully saturated rings. The molecule has 0 amide bonds. The molecule has 9 heteroatoms. The number of nitrogens with zero attached hydrogens (tertiary/aromatic N) is 3. The van der Waals surface area contributed by atoms with Crippen LogP contribution in [0.1, 0.15) is 17.5 Å². The van der Waals surface area contributed by atoms with Crippen LogP contribution in [0.3, 0.4) is 0 Å². The number of aromatic nitrogens is 1. The van der Waals surface area contributed by atoms with E-state index in [4.69, 9.17) is 19.5 Å². The monoisotopic (exact) mass is 430 g/mol. The number of anilines is 1. The average Bonchev–Trinajstić information content (AvgIpc) is 2.79. The first-order valence-corrected chi connectivity index (χ1v) is 10.1. The molecule has 3 heterocycles. The zero-order valence-corrected chi connectivity index (χ0v) is 17.2. The van der Waals surface area contributed by atoms with Gasteiger partial charge in [0.15, 0.2) is 17.9 Å². The molecule has 1 N–H and O–H groups in total. The van der Waals surface area contributed by atoms with Crippen molar-refractivity contribution in [1.82, 2.24) is 10.3 Å². The van der Waals surface area contributed by atoms with Gasteiger partial charge in [-0.25, -0.2) is 9.37 Å². The quantitative estimate of drug-likeness (QED) is 0.723. The number of nitrogens with one attached hydrogen (secondary N) is 1. The van der Waals surface area contributed by atoms with Crippen molar-refractivity contribution in [2.24, 2.45) is 5.41 Å². The van der Waals surface area contributed by atoms with Gasteiger partial charge in [-0.05, 0) is 18.2 Å². The molecule has 1 aromatic heterocycles. The Morgan fingerprint density at radius 3 is 2.58 bits per heavy atom. The van der Waals surface area contributed by atoms with Crippen LogP contribution in [0.15, 0.2) is 30.5 Å². The summed E-state index contributed by atoms with van der Waals surface area (Å²) in [4.78, 5) is 6.13. The Hall–Kier alpha value is -2.80. The van der Waals surface area contributed by atoms with Crippen LogP contribution in [0.25, 0.3) is 0 Å². The summed E-state index contributed by atoms with van der Waals surface area (Å²) >= 11 is 0. The number of nitriles is 1. The van der Waals surface area contributed by atoms with Crippen molar-refractivity contribution < 1.29 is 23.0 Å². The average molecular weight is 430 g/mol. The Bertz CT molecular complexity index is 950. The van der Waals surface area contributed by atoms with Gasteiger partial charge in [0, 0.05) is 49.8 Å². The second-order valence-electron chi connectivity index (χ2n) is 7.94. The van der Waals surface area contributed by atoms with Crippen LogP contribution in [0.5, 0.6) is 5.75 Å². The smallest absolute Gasteiger partial charge is 0.200 e. The van der Waals surface area contributed by atoms with Gasteiger partial charge in [-0.1, -0.05) is 6.07 Å². The fourth-order valence-electron chi connectivity index (χ4n) is 3.71. The van der Waals surface area contributed by atoms with E-state index in [9.17, 15) is 8.78 Å². The summed E-state index contributed by atoms with van der Waals surface area (Å²) in [6.07, 6.45) is 1.62.